The fourth-order valence-corrected chi connectivity index (χ4v) is 1.12. The highest BCUT2D eigenvalue weighted by atomic mass is 16.4. The van der Waals surface area contributed by atoms with Crippen molar-refractivity contribution in [1.82, 2.24) is 5.32 Å². The van der Waals surface area contributed by atoms with Crippen LogP contribution in [0.25, 0.3) is 0 Å². The molecule has 0 heterocycles. The van der Waals surface area contributed by atoms with E-state index < -0.39 is 0 Å². The molecule has 0 spiro atoms. The van der Waals surface area contributed by atoms with Gasteiger partial charge in [-0.2, -0.15) is 0 Å². The maximum atomic E-state index is 11.1. The van der Waals surface area contributed by atoms with Gasteiger partial charge in [0.1, 0.15) is 0 Å². The van der Waals surface area contributed by atoms with Gasteiger partial charge in [-0.05, 0) is 46.6 Å². The van der Waals surface area contributed by atoms with Crippen LogP contribution in [0, 0.1) is 0 Å². The van der Waals surface area contributed by atoms with Crippen LogP contribution in [-0.4, -0.2) is 25.1 Å². The van der Waals surface area contributed by atoms with Crippen LogP contribution in [0.2, 0.25) is 0 Å². The zero-order chi connectivity index (χ0) is 12.1. The lowest BCUT2D eigenvalue weighted by atomic mass is 9.91. The molecular formula is C11H20BNO2. The van der Waals surface area contributed by atoms with Crippen molar-refractivity contribution in [2.75, 3.05) is 0 Å². The SMILES string of the molecule is [B]OC(C)(C)CCC(C)(C)NC(=O)C=C. The summed E-state index contributed by atoms with van der Waals surface area (Å²) in [5, 5.41) is 2.85. The molecule has 2 radical (unpaired) electrons. The monoisotopic (exact) mass is 209 g/mol. The Balaban J connectivity index is 4.15. The molecule has 3 nitrogen and oxygen atoms in total. The van der Waals surface area contributed by atoms with Crippen LogP contribution in [0.4, 0.5) is 0 Å². The summed E-state index contributed by atoms with van der Waals surface area (Å²) >= 11 is 0. The van der Waals surface area contributed by atoms with Gasteiger partial charge in [0.15, 0.2) is 0 Å². The van der Waals surface area contributed by atoms with Crippen LogP contribution < -0.4 is 5.32 Å². The van der Waals surface area contributed by atoms with Crippen LogP contribution in [0.1, 0.15) is 40.5 Å². The molecule has 0 saturated heterocycles. The Kier molecular flexibility index (Phi) is 5.08. The molecule has 0 aromatic rings. The molecule has 0 unspecified atom stereocenters. The average molecular weight is 209 g/mol. The van der Waals surface area contributed by atoms with Crippen LogP contribution >= 0.6 is 0 Å². The van der Waals surface area contributed by atoms with Crippen LogP contribution in [0.5, 0.6) is 0 Å². The predicted molar refractivity (Wildman–Crippen MR) is 62.6 cm³/mol. The van der Waals surface area contributed by atoms with E-state index in [0.29, 0.717) is 0 Å². The summed E-state index contributed by atoms with van der Waals surface area (Å²) in [6.45, 7) is 11.2. The first-order valence-electron chi connectivity index (χ1n) is 5.05. The fourth-order valence-electron chi connectivity index (χ4n) is 1.12. The third-order valence-electron chi connectivity index (χ3n) is 2.32. The number of carbonyl (C=O) groups excluding carboxylic acids is 1. The van der Waals surface area contributed by atoms with E-state index in [-0.39, 0.29) is 17.0 Å². The van der Waals surface area contributed by atoms with Gasteiger partial charge in [-0.25, -0.2) is 0 Å². The highest BCUT2D eigenvalue weighted by molar-refractivity contribution is 5.98. The number of amides is 1. The van der Waals surface area contributed by atoms with E-state index in [0.717, 1.165) is 12.8 Å². The minimum atomic E-state index is -0.365. The van der Waals surface area contributed by atoms with Gasteiger partial charge in [0, 0.05) is 11.1 Å². The molecule has 84 valence electrons. The Labute approximate surface area is 93.7 Å². The van der Waals surface area contributed by atoms with Crippen molar-refractivity contribution in [3.05, 3.63) is 12.7 Å². The lowest BCUT2D eigenvalue weighted by Crippen LogP contribution is -2.44. The van der Waals surface area contributed by atoms with E-state index in [1.807, 2.05) is 27.7 Å². The number of rotatable bonds is 6. The standard InChI is InChI=1S/C11H20BNO2/c1-6-9(14)13-10(2,3)7-8-11(4,5)15-12/h6H,1,7-8H2,2-5H3,(H,13,14). The van der Waals surface area contributed by atoms with E-state index in [2.05, 4.69) is 11.9 Å². The second-order valence-electron chi connectivity index (χ2n) is 4.95. The van der Waals surface area contributed by atoms with Crippen molar-refractivity contribution in [1.29, 1.82) is 0 Å². The first-order valence-corrected chi connectivity index (χ1v) is 5.05. The Morgan fingerprint density at radius 2 is 1.93 bits per heavy atom. The van der Waals surface area contributed by atoms with E-state index in [4.69, 9.17) is 12.7 Å². The topological polar surface area (TPSA) is 38.3 Å². The van der Waals surface area contributed by atoms with E-state index in [1.54, 1.807) is 0 Å². The summed E-state index contributed by atoms with van der Waals surface area (Å²) in [6, 6.07) is 0. The Bertz CT molecular complexity index is 237. The fraction of sp³-hybridized carbons (Fsp3) is 0.727. The lowest BCUT2D eigenvalue weighted by molar-refractivity contribution is -0.118. The molecule has 0 atom stereocenters. The smallest absolute Gasteiger partial charge is 0.283 e. The zero-order valence-electron chi connectivity index (χ0n) is 10.1. The molecule has 1 N–H and O–H groups in total. The first-order chi connectivity index (χ1) is 6.72. The van der Waals surface area contributed by atoms with Crippen molar-refractivity contribution in [2.24, 2.45) is 0 Å². The van der Waals surface area contributed by atoms with Crippen LogP contribution in [0.3, 0.4) is 0 Å². The Morgan fingerprint density at radius 1 is 1.40 bits per heavy atom. The molecular weight excluding hydrogens is 189 g/mol. The van der Waals surface area contributed by atoms with Crippen molar-refractivity contribution in [3.8, 4) is 0 Å². The maximum absolute atomic E-state index is 11.1. The van der Waals surface area contributed by atoms with Gasteiger partial charge in [0.25, 0.3) is 8.05 Å². The van der Waals surface area contributed by atoms with Gasteiger partial charge in [0.2, 0.25) is 5.91 Å². The summed E-state index contributed by atoms with van der Waals surface area (Å²) in [4.78, 5) is 11.1. The molecule has 0 aromatic heterocycles. The lowest BCUT2D eigenvalue weighted by Gasteiger charge is -2.31. The van der Waals surface area contributed by atoms with Gasteiger partial charge in [0.05, 0.1) is 0 Å². The first kappa shape index (κ1) is 14.2. The summed E-state index contributed by atoms with van der Waals surface area (Å²) in [7, 11) is 5.16. The molecule has 0 aliphatic rings. The van der Waals surface area contributed by atoms with Crippen molar-refractivity contribution in [2.45, 2.75) is 51.7 Å². The van der Waals surface area contributed by atoms with E-state index >= 15 is 0 Å². The number of carbonyl (C=O) groups is 1. The zero-order valence-corrected chi connectivity index (χ0v) is 10.1. The number of nitrogens with one attached hydrogen (secondary N) is 1. The van der Waals surface area contributed by atoms with Crippen molar-refractivity contribution < 1.29 is 9.45 Å². The van der Waals surface area contributed by atoms with Gasteiger partial charge in [-0.3, -0.25) is 4.79 Å². The molecule has 0 aliphatic carbocycles. The van der Waals surface area contributed by atoms with Crippen molar-refractivity contribution in [3.63, 3.8) is 0 Å². The van der Waals surface area contributed by atoms with E-state index in [1.165, 1.54) is 6.08 Å². The Morgan fingerprint density at radius 3 is 2.33 bits per heavy atom. The Hall–Kier alpha value is -0.765. The normalized spacial score (nSPS) is 12.3. The molecule has 0 fully saturated rings. The molecule has 0 bridgehead atoms. The summed E-state index contributed by atoms with van der Waals surface area (Å²) in [5.41, 5.74) is -0.642. The second kappa shape index (κ2) is 5.35. The largest absolute Gasteiger partial charge is 0.443 e. The molecule has 0 aliphatic heterocycles. The summed E-state index contributed by atoms with van der Waals surface area (Å²) < 4.78 is 4.83. The molecule has 0 saturated carbocycles. The minimum Gasteiger partial charge on any atom is -0.443 e. The highest BCUT2D eigenvalue weighted by Crippen LogP contribution is 2.21. The average Bonchev–Trinajstić information content (AvgIpc) is 2.14. The van der Waals surface area contributed by atoms with Gasteiger partial charge >= 0.3 is 0 Å². The minimum absolute atomic E-state index is 0.161. The third-order valence-corrected chi connectivity index (χ3v) is 2.32. The van der Waals surface area contributed by atoms with Crippen molar-refractivity contribution >= 4 is 14.0 Å². The maximum Gasteiger partial charge on any atom is 0.283 e. The number of hydrogen-bond donors (Lipinski definition) is 1. The molecule has 1 amide bonds. The van der Waals surface area contributed by atoms with E-state index in [9.17, 15) is 4.79 Å². The second-order valence-corrected chi connectivity index (χ2v) is 4.95. The predicted octanol–water partition coefficient (Wildman–Crippen LogP) is 1.73. The van der Waals surface area contributed by atoms with Gasteiger partial charge < -0.3 is 9.97 Å². The molecule has 15 heavy (non-hydrogen) atoms. The molecule has 0 aromatic carbocycles. The third kappa shape index (κ3) is 6.34. The van der Waals surface area contributed by atoms with Gasteiger partial charge in [-0.1, -0.05) is 6.58 Å². The highest BCUT2D eigenvalue weighted by Gasteiger charge is 2.24. The summed E-state index contributed by atoms with van der Waals surface area (Å²) in [5.74, 6) is -0.161. The molecule has 0 rings (SSSR count). The van der Waals surface area contributed by atoms with Crippen LogP contribution in [-0.2, 0) is 9.45 Å². The van der Waals surface area contributed by atoms with Gasteiger partial charge in [-0.15, -0.1) is 0 Å². The summed E-state index contributed by atoms with van der Waals surface area (Å²) in [6.07, 6.45) is 2.83. The van der Waals surface area contributed by atoms with Crippen LogP contribution in [0.15, 0.2) is 12.7 Å². The number of hydrogen-bond acceptors (Lipinski definition) is 2. The molecule has 4 heteroatoms. The quantitative estimate of drug-likeness (QED) is 0.534.